The molecule has 0 saturated heterocycles. The van der Waals surface area contributed by atoms with E-state index in [9.17, 15) is 0 Å². The zero-order valence-electron chi connectivity index (χ0n) is 20.0. The Labute approximate surface area is 195 Å². The highest BCUT2D eigenvalue weighted by Gasteiger charge is 2.34. The molecule has 2 N–H and O–H groups in total. The van der Waals surface area contributed by atoms with Crippen molar-refractivity contribution >= 4 is 17.6 Å². The Morgan fingerprint density at radius 2 is 1.88 bits per heavy atom. The molecule has 7 heteroatoms. The summed E-state index contributed by atoms with van der Waals surface area (Å²) in [5, 5.41) is 11.0. The van der Waals surface area contributed by atoms with Crippen LogP contribution < -0.4 is 10.2 Å². The summed E-state index contributed by atoms with van der Waals surface area (Å²) in [6.45, 7) is 6.37. The van der Waals surface area contributed by atoms with Crippen LogP contribution in [0.4, 0.5) is 17.6 Å². The number of nitrogens with zero attached hydrogens (tertiary/aromatic N) is 5. The molecule has 0 bridgehead atoms. The minimum Gasteiger partial charge on any atom is -0.323 e. The number of aromatic amines is 1. The number of anilines is 3. The molecular formula is C26H33N7. The molecule has 1 aliphatic carbocycles. The van der Waals surface area contributed by atoms with Gasteiger partial charge in [0.2, 0.25) is 5.95 Å². The van der Waals surface area contributed by atoms with Gasteiger partial charge in [0.15, 0.2) is 5.82 Å². The first kappa shape index (κ1) is 21.6. The van der Waals surface area contributed by atoms with Crippen LogP contribution in [0.3, 0.4) is 0 Å². The number of hydrogen-bond donors (Lipinski definition) is 2. The molecule has 33 heavy (non-hydrogen) atoms. The molecule has 2 aliphatic rings. The van der Waals surface area contributed by atoms with E-state index in [1.54, 1.807) is 0 Å². The van der Waals surface area contributed by atoms with Crippen molar-refractivity contribution < 1.29 is 0 Å². The fourth-order valence-corrected chi connectivity index (χ4v) is 4.37. The van der Waals surface area contributed by atoms with Gasteiger partial charge in [-0.15, -0.1) is 0 Å². The van der Waals surface area contributed by atoms with E-state index >= 15 is 0 Å². The van der Waals surface area contributed by atoms with Gasteiger partial charge in [0, 0.05) is 54.9 Å². The SMILES string of the molecule is CN(C)CC1=CN(c2nc(Cc3ccccc3)cc(Nc3cc(C4CC4)[nH]n3)n2)CC1(C)C. The summed E-state index contributed by atoms with van der Waals surface area (Å²) in [5.41, 5.74) is 4.88. The Bertz CT molecular complexity index is 1140. The number of hydrogen-bond acceptors (Lipinski definition) is 6. The van der Waals surface area contributed by atoms with Crippen LogP contribution in [0.1, 0.15) is 49.6 Å². The molecule has 0 unspecified atom stereocenters. The second kappa shape index (κ2) is 8.63. The molecule has 0 amide bonds. The zero-order chi connectivity index (χ0) is 23.0. The number of likely N-dealkylation sites (N-methyl/N-ethyl adjacent to an activating group) is 1. The molecule has 172 valence electrons. The number of rotatable bonds is 8. The first-order valence-electron chi connectivity index (χ1n) is 11.7. The fraction of sp³-hybridized carbons (Fsp3) is 0.423. The van der Waals surface area contributed by atoms with E-state index < -0.39 is 0 Å². The summed E-state index contributed by atoms with van der Waals surface area (Å²) in [5.74, 6) is 2.94. The minimum atomic E-state index is 0.0675. The topological polar surface area (TPSA) is 73.0 Å². The Hall–Kier alpha value is -3.19. The molecule has 1 aromatic carbocycles. The van der Waals surface area contributed by atoms with Gasteiger partial charge in [0.05, 0.1) is 5.69 Å². The van der Waals surface area contributed by atoms with Gasteiger partial charge in [-0.2, -0.15) is 10.1 Å². The molecule has 0 spiro atoms. The van der Waals surface area contributed by atoms with Gasteiger partial charge in [-0.25, -0.2) is 4.98 Å². The van der Waals surface area contributed by atoms with Crippen molar-refractivity contribution in [2.45, 2.75) is 39.0 Å². The fourth-order valence-electron chi connectivity index (χ4n) is 4.37. The van der Waals surface area contributed by atoms with Crippen LogP contribution >= 0.6 is 0 Å². The first-order chi connectivity index (χ1) is 15.9. The average molecular weight is 444 g/mol. The smallest absolute Gasteiger partial charge is 0.231 e. The van der Waals surface area contributed by atoms with Crippen LogP contribution in [0.5, 0.6) is 0 Å². The van der Waals surface area contributed by atoms with Crippen molar-refractivity contribution in [1.82, 2.24) is 25.1 Å². The van der Waals surface area contributed by atoms with Crippen LogP contribution in [-0.4, -0.2) is 52.3 Å². The highest BCUT2D eigenvalue weighted by Crippen LogP contribution is 2.40. The van der Waals surface area contributed by atoms with Crippen LogP contribution in [0.15, 0.2) is 54.2 Å². The van der Waals surface area contributed by atoms with Crippen molar-refractivity contribution in [1.29, 1.82) is 0 Å². The number of benzene rings is 1. The monoisotopic (exact) mass is 443 g/mol. The third-order valence-electron chi connectivity index (χ3n) is 6.36. The molecule has 7 nitrogen and oxygen atoms in total. The number of H-pyrrole nitrogens is 1. The Morgan fingerprint density at radius 3 is 2.61 bits per heavy atom. The van der Waals surface area contributed by atoms with Crippen molar-refractivity contribution in [3.05, 3.63) is 71.2 Å². The number of nitrogens with one attached hydrogen (secondary N) is 2. The third-order valence-corrected chi connectivity index (χ3v) is 6.36. The van der Waals surface area contributed by atoms with Gasteiger partial charge >= 0.3 is 0 Å². The third kappa shape index (κ3) is 5.09. The quantitative estimate of drug-likeness (QED) is 0.526. The molecule has 1 fully saturated rings. The summed E-state index contributed by atoms with van der Waals surface area (Å²) < 4.78 is 0. The lowest BCUT2D eigenvalue weighted by atomic mass is 9.87. The molecule has 3 heterocycles. The normalized spacial score (nSPS) is 17.5. The summed E-state index contributed by atoms with van der Waals surface area (Å²) >= 11 is 0. The molecule has 2 aromatic heterocycles. The minimum absolute atomic E-state index is 0.0675. The van der Waals surface area contributed by atoms with E-state index in [0.29, 0.717) is 5.92 Å². The van der Waals surface area contributed by atoms with Crippen molar-refractivity contribution in [2.75, 3.05) is 37.4 Å². The van der Waals surface area contributed by atoms with E-state index in [1.165, 1.54) is 29.7 Å². The molecule has 0 atom stereocenters. The van der Waals surface area contributed by atoms with Gasteiger partial charge in [-0.3, -0.25) is 5.10 Å². The standard InChI is InChI=1S/C26H33N7/c1-26(2)17-33(16-20(26)15-32(3)4)25-27-21(12-18-8-6-5-7-9-18)13-23(29-25)28-24-14-22(30-31-24)19-10-11-19/h5-9,13-14,16,19H,10-12,15,17H2,1-4H3,(H2,27,28,29,30,31). The van der Waals surface area contributed by atoms with Crippen LogP contribution in [0.25, 0.3) is 0 Å². The van der Waals surface area contributed by atoms with Crippen molar-refractivity contribution in [2.24, 2.45) is 5.41 Å². The lowest BCUT2D eigenvalue weighted by Crippen LogP contribution is -2.28. The average Bonchev–Trinajstić information content (AvgIpc) is 3.44. The molecular weight excluding hydrogens is 410 g/mol. The highest BCUT2D eigenvalue weighted by molar-refractivity contribution is 5.56. The van der Waals surface area contributed by atoms with Crippen LogP contribution in [-0.2, 0) is 6.42 Å². The summed E-state index contributed by atoms with van der Waals surface area (Å²) in [4.78, 5) is 14.3. The lowest BCUT2D eigenvalue weighted by Gasteiger charge is -2.25. The Morgan fingerprint density at radius 1 is 1.09 bits per heavy atom. The van der Waals surface area contributed by atoms with Gasteiger partial charge in [-0.05, 0) is 38.1 Å². The Kier molecular flexibility index (Phi) is 5.66. The highest BCUT2D eigenvalue weighted by atomic mass is 15.3. The molecule has 1 saturated carbocycles. The largest absolute Gasteiger partial charge is 0.323 e. The maximum atomic E-state index is 4.96. The molecule has 1 aliphatic heterocycles. The molecule has 5 rings (SSSR count). The van der Waals surface area contributed by atoms with Crippen LogP contribution in [0.2, 0.25) is 0 Å². The molecule has 3 aromatic rings. The predicted molar refractivity (Wildman–Crippen MR) is 133 cm³/mol. The number of aromatic nitrogens is 4. The van der Waals surface area contributed by atoms with Crippen molar-refractivity contribution in [3.63, 3.8) is 0 Å². The maximum Gasteiger partial charge on any atom is 0.231 e. The van der Waals surface area contributed by atoms with Gasteiger partial charge in [0.25, 0.3) is 0 Å². The van der Waals surface area contributed by atoms with E-state index in [2.05, 4.69) is 89.8 Å². The van der Waals surface area contributed by atoms with Crippen LogP contribution in [0, 0.1) is 5.41 Å². The first-order valence-corrected chi connectivity index (χ1v) is 11.7. The second-order valence-corrected chi connectivity index (χ2v) is 10.2. The zero-order valence-corrected chi connectivity index (χ0v) is 20.0. The van der Waals surface area contributed by atoms with Crippen molar-refractivity contribution in [3.8, 4) is 0 Å². The van der Waals surface area contributed by atoms with E-state index in [0.717, 1.165) is 42.8 Å². The Balaban J connectivity index is 1.46. The summed E-state index contributed by atoms with van der Waals surface area (Å²) in [6.07, 6.45) is 5.47. The van der Waals surface area contributed by atoms with Gasteiger partial charge in [-0.1, -0.05) is 44.2 Å². The predicted octanol–water partition coefficient (Wildman–Crippen LogP) is 4.70. The van der Waals surface area contributed by atoms with E-state index in [4.69, 9.17) is 9.97 Å². The maximum absolute atomic E-state index is 4.96. The summed E-state index contributed by atoms with van der Waals surface area (Å²) in [7, 11) is 4.22. The molecule has 0 radical (unpaired) electrons. The van der Waals surface area contributed by atoms with E-state index in [1.807, 2.05) is 12.1 Å². The van der Waals surface area contributed by atoms with Gasteiger partial charge < -0.3 is 15.1 Å². The van der Waals surface area contributed by atoms with E-state index in [-0.39, 0.29) is 5.41 Å². The summed E-state index contributed by atoms with van der Waals surface area (Å²) in [6, 6.07) is 14.6. The lowest BCUT2D eigenvalue weighted by molar-refractivity contribution is 0.385. The second-order valence-electron chi connectivity index (χ2n) is 10.2. The van der Waals surface area contributed by atoms with Gasteiger partial charge in [0.1, 0.15) is 5.82 Å².